The average Bonchev–Trinajstić information content (AvgIpc) is 2.39. The molecule has 0 radical (unpaired) electrons. The topological polar surface area (TPSA) is 29.5 Å². The van der Waals surface area contributed by atoms with Gasteiger partial charge in [-0.15, -0.1) is 0 Å². The fourth-order valence-electron chi connectivity index (χ4n) is 2.40. The lowest BCUT2D eigenvalue weighted by molar-refractivity contribution is 0.0571. The summed E-state index contributed by atoms with van der Waals surface area (Å²) in [5, 5.41) is 0. The number of nitrogens with zero attached hydrogens (tertiary/aromatic N) is 1. The van der Waals surface area contributed by atoms with Crippen LogP contribution in [0.15, 0.2) is 24.3 Å². The van der Waals surface area contributed by atoms with Crippen molar-refractivity contribution >= 4 is 28.5 Å². The SMILES string of the molecule is COCC1CCCN(C(=O)c2ccc(I)cc2)C1. The van der Waals surface area contributed by atoms with Crippen LogP contribution in [0, 0.1) is 9.49 Å². The summed E-state index contributed by atoms with van der Waals surface area (Å²) in [4.78, 5) is 14.3. The maximum absolute atomic E-state index is 12.3. The van der Waals surface area contributed by atoms with E-state index in [9.17, 15) is 4.79 Å². The standard InChI is InChI=1S/C14H18INO2/c1-18-10-11-3-2-8-16(9-11)14(17)12-4-6-13(15)7-5-12/h4-7,11H,2-3,8-10H2,1H3. The molecule has 0 aliphatic carbocycles. The van der Waals surface area contributed by atoms with Crippen molar-refractivity contribution < 1.29 is 9.53 Å². The molecule has 0 aromatic heterocycles. The summed E-state index contributed by atoms with van der Waals surface area (Å²) in [6, 6.07) is 7.77. The molecule has 2 rings (SSSR count). The van der Waals surface area contributed by atoms with Crippen LogP contribution in [0.2, 0.25) is 0 Å². The molecule has 1 aromatic carbocycles. The van der Waals surface area contributed by atoms with Crippen LogP contribution in [-0.2, 0) is 4.74 Å². The van der Waals surface area contributed by atoms with Crippen molar-refractivity contribution in [3.05, 3.63) is 33.4 Å². The molecule has 18 heavy (non-hydrogen) atoms. The molecule has 1 saturated heterocycles. The molecule has 1 atom stereocenters. The first-order valence-corrected chi connectivity index (χ1v) is 7.32. The molecule has 98 valence electrons. The van der Waals surface area contributed by atoms with Crippen LogP contribution in [0.4, 0.5) is 0 Å². The zero-order chi connectivity index (χ0) is 13.0. The minimum absolute atomic E-state index is 0.146. The molecule has 1 aromatic rings. The summed E-state index contributed by atoms with van der Waals surface area (Å²) in [6.07, 6.45) is 2.23. The maximum atomic E-state index is 12.3. The van der Waals surface area contributed by atoms with Crippen molar-refractivity contribution in [2.75, 3.05) is 26.8 Å². The third-order valence-corrected chi connectivity index (χ3v) is 4.02. The van der Waals surface area contributed by atoms with Gasteiger partial charge in [-0.25, -0.2) is 0 Å². The predicted octanol–water partition coefficient (Wildman–Crippen LogP) is 2.79. The van der Waals surface area contributed by atoms with Gasteiger partial charge in [-0.3, -0.25) is 4.79 Å². The Labute approximate surface area is 122 Å². The van der Waals surface area contributed by atoms with E-state index in [4.69, 9.17) is 4.74 Å². The number of carbonyl (C=O) groups excluding carboxylic acids is 1. The van der Waals surface area contributed by atoms with Gasteiger partial charge in [0.2, 0.25) is 0 Å². The zero-order valence-corrected chi connectivity index (χ0v) is 12.7. The highest BCUT2D eigenvalue weighted by molar-refractivity contribution is 14.1. The van der Waals surface area contributed by atoms with E-state index in [0.29, 0.717) is 5.92 Å². The fraction of sp³-hybridized carbons (Fsp3) is 0.500. The first kappa shape index (κ1) is 13.8. The summed E-state index contributed by atoms with van der Waals surface area (Å²) < 4.78 is 6.34. The smallest absolute Gasteiger partial charge is 0.253 e. The zero-order valence-electron chi connectivity index (χ0n) is 10.6. The Balaban J connectivity index is 2.02. The third kappa shape index (κ3) is 3.45. The van der Waals surface area contributed by atoms with E-state index < -0.39 is 0 Å². The van der Waals surface area contributed by atoms with Crippen molar-refractivity contribution in [2.24, 2.45) is 5.92 Å². The van der Waals surface area contributed by atoms with Gasteiger partial charge in [-0.1, -0.05) is 0 Å². The van der Waals surface area contributed by atoms with Crippen molar-refractivity contribution in [1.29, 1.82) is 0 Å². The minimum atomic E-state index is 0.146. The summed E-state index contributed by atoms with van der Waals surface area (Å²) in [5.41, 5.74) is 0.786. The van der Waals surface area contributed by atoms with Crippen LogP contribution in [0.3, 0.4) is 0 Å². The minimum Gasteiger partial charge on any atom is -0.384 e. The Morgan fingerprint density at radius 2 is 2.17 bits per heavy atom. The Bertz CT molecular complexity index is 403. The monoisotopic (exact) mass is 359 g/mol. The number of rotatable bonds is 3. The van der Waals surface area contributed by atoms with Crippen molar-refractivity contribution in [3.8, 4) is 0 Å². The van der Waals surface area contributed by atoms with Gasteiger partial charge in [-0.2, -0.15) is 0 Å². The number of hydrogen-bond acceptors (Lipinski definition) is 2. The highest BCUT2D eigenvalue weighted by Gasteiger charge is 2.24. The molecule has 0 saturated carbocycles. The van der Waals surface area contributed by atoms with Crippen molar-refractivity contribution in [2.45, 2.75) is 12.8 Å². The highest BCUT2D eigenvalue weighted by atomic mass is 127. The molecule has 1 aliphatic heterocycles. The van der Waals surface area contributed by atoms with E-state index in [-0.39, 0.29) is 5.91 Å². The lowest BCUT2D eigenvalue weighted by Gasteiger charge is -2.32. The molecular weight excluding hydrogens is 341 g/mol. The Morgan fingerprint density at radius 3 is 2.83 bits per heavy atom. The van der Waals surface area contributed by atoms with E-state index in [1.165, 1.54) is 0 Å². The lowest BCUT2D eigenvalue weighted by atomic mass is 9.98. The summed E-state index contributed by atoms with van der Waals surface area (Å²) >= 11 is 2.25. The summed E-state index contributed by atoms with van der Waals surface area (Å²) in [5.74, 6) is 0.628. The number of methoxy groups -OCH3 is 1. The molecule has 1 amide bonds. The average molecular weight is 359 g/mol. The predicted molar refractivity (Wildman–Crippen MR) is 79.7 cm³/mol. The Morgan fingerprint density at radius 1 is 1.44 bits per heavy atom. The van der Waals surface area contributed by atoms with E-state index in [0.717, 1.165) is 41.7 Å². The van der Waals surface area contributed by atoms with Crippen LogP contribution in [0.25, 0.3) is 0 Å². The molecule has 0 bridgehead atoms. The molecule has 0 spiro atoms. The van der Waals surface area contributed by atoms with E-state index >= 15 is 0 Å². The first-order valence-electron chi connectivity index (χ1n) is 6.24. The van der Waals surface area contributed by atoms with Gasteiger partial charge in [0.05, 0.1) is 6.61 Å². The fourth-order valence-corrected chi connectivity index (χ4v) is 2.76. The molecule has 0 N–H and O–H groups in total. The first-order chi connectivity index (χ1) is 8.70. The molecule has 1 aliphatic rings. The molecule has 1 heterocycles. The lowest BCUT2D eigenvalue weighted by Crippen LogP contribution is -2.41. The van der Waals surface area contributed by atoms with Gasteiger partial charge in [0, 0.05) is 29.3 Å². The van der Waals surface area contributed by atoms with Gasteiger partial charge < -0.3 is 9.64 Å². The maximum Gasteiger partial charge on any atom is 0.253 e. The Kier molecular flexibility index (Phi) is 5.00. The van der Waals surface area contributed by atoms with Crippen LogP contribution >= 0.6 is 22.6 Å². The number of piperidine rings is 1. The quantitative estimate of drug-likeness (QED) is 0.777. The molecule has 1 fully saturated rings. The second kappa shape index (κ2) is 6.52. The molecule has 3 nitrogen and oxygen atoms in total. The number of benzene rings is 1. The number of amides is 1. The van der Waals surface area contributed by atoms with Crippen molar-refractivity contribution in [1.82, 2.24) is 4.90 Å². The summed E-state index contributed by atoms with van der Waals surface area (Å²) in [6.45, 7) is 2.43. The molecule has 4 heteroatoms. The number of likely N-dealkylation sites (tertiary alicyclic amines) is 1. The van der Waals surface area contributed by atoms with E-state index in [2.05, 4.69) is 22.6 Å². The van der Waals surface area contributed by atoms with Gasteiger partial charge in [0.15, 0.2) is 0 Å². The second-order valence-corrected chi connectivity index (χ2v) is 5.97. The summed E-state index contributed by atoms with van der Waals surface area (Å²) in [7, 11) is 1.72. The van der Waals surface area contributed by atoms with Gasteiger partial charge >= 0.3 is 0 Å². The second-order valence-electron chi connectivity index (χ2n) is 4.72. The van der Waals surface area contributed by atoms with E-state index in [1.54, 1.807) is 7.11 Å². The van der Waals surface area contributed by atoms with Crippen molar-refractivity contribution in [3.63, 3.8) is 0 Å². The number of hydrogen-bond donors (Lipinski definition) is 0. The number of carbonyl (C=O) groups is 1. The molecular formula is C14H18INO2. The number of halogens is 1. The van der Waals surface area contributed by atoms with Gasteiger partial charge in [0.25, 0.3) is 5.91 Å². The largest absolute Gasteiger partial charge is 0.384 e. The van der Waals surface area contributed by atoms with Crippen LogP contribution < -0.4 is 0 Å². The van der Waals surface area contributed by atoms with E-state index in [1.807, 2.05) is 29.2 Å². The van der Waals surface area contributed by atoms with Gasteiger partial charge in [0.1, 0.15) is 0 Å². The molecule has 1 unspecified atom stereocenters. The Hall–Kier alpha value is -0.620. The van der Waals surface area contributed by atoms with Crippen LogP contribution in [0.5, 0.6) is 0 Å². The number of ether oxygens (including phenoxy) is 1. The third-order valence-electron chi connectivity index (χ3n) is 3.30. The van der Waals surface area contributed by atoms with Crippen LogP contribution in [0.1, 0.15) is 23.2 Å². The van der Waals surface area contributed by atoms with Crippen LogP contribution in [-0.4, -0.2) is 37.6 Å². The normalized spacial score (nSPS) is 19.9. The van der Waals surface area contributed by atoms with Gasteiger partial charge in [-0.05, 0) is 65.6 Å². The highest BCUT2D eigenvalue weighted by Crippen LogP contribution is 2.19.